The standard InChI is InChI=1S/C20H28N2O4/c1-15-5-3-10-21(15)11-4-12-26-18-8-6-17(7-9-18)22-14-16(13-19(22)23)20(24)25-2/h6-9,15-16H,3-5,10-14H2,1-2H3/t15-,16-/m1/s1. The summed E-state index contributed by atoms with van der Waals surface area (Å²) in [5, 5.41) is 0. The molecule has 2 atom stereocenters. The number of anilines is 1. The maximum absolute atomic E-state index is 12.1. The van der Waals surface area contributed by atoms with Crippen LogP contribution in [-0.2, 0) is 14.3 Å². The number of rotatable bonds is 7. The molecule has 2 heterocycles. The number of nitrogens with zero attached hydrogens (tertiary/aromatic N) is 2. The first-order valence-electron chi connectivity index (χ1n) is 9.43. The number of carbonyl (C=O) groups excluding carboxylic acids is 2. The van der Waals surface area contributed by atoms with E-state index in [1.54, 1.807) is 4.90 Å². The molecular weight excluding hydrogens is 332 g/mol. The topological polar surface area (TPSA) is 59.1 Å². The summed E-state index contributed by atoms with van der Waals surface area (Å²) in [5.41, 5.74) is 0.791. The minimum Gasteiger partial charge on any atom is -0.494 e. The van der Waals surface area contributed by atoms with Crippen molar-refractivity contribution >= 4 is 17.6 Å². The Kier molecular flexibility index (Phi) is 6.14. The molecule has 142 valence electrons. The molecule has 2 fully saturated rings. The molecule has 3 rings (SSSR count). The first-order chi connectivity index (χ1) is 12.6. The first-order valence-corrected chi connectivity index (χ1v) is 9.43. The van der Waals surface area contributed by atoms with E-state index in [4.69, 9.17) is 9.47 Å². The van der Waals surface area contributed by atoms with Gasteiger partial charge in [0.15, 0.2) is 0 Å². The molecule has 2 aliphatic heterocycles. The van der Waals surface area contributed by atoms with Crippen LogP contribution in [0.1, 0.15) is 32.6 Å². The zero-order valence-electron chi connectivity index (χ0n) is 15.6. The lowest BCUT2D eigenvalue weighted by atomic mass is 10.1. The fourth-order valence-corrected chi connectivity index (χ4v) is 3.79. The van der Waals surface area contributed by atoms with Gasteiger partial charge in [-0.25, -0.2) is 0 Å². The van der Waals surface area contributed by atoms with Gasteiger partial charge in [-0.3, -0.25) is 9.59 Å². The summed E-state index contributed by atoms with van der Waals surface area (Å²) in [7, 11) is 1.35. The van der Waals surface area contributed by atoms with Gasteiger partial charge in [-0.05, 0) is 57.0 Å². The van der Waals surface area contributed by atoms with Gasteiger partial charge in [-0.15, -0.1) is 0 Å². The predicted octanol–water partition coefficient (Wildman–Crippen LogP) is 2.47. The molecule has 0 spiro atoms. The van der Waals surface area contributed by atoms with Crippen LogP contribution in [0.3, 0.4) is 0 Å². The van der Waals surface area contributed by atoms with Crippen molar-refractivity contribution in [3.63, 3.8) is 0 Å². The molecule has 1 aromatic carbocycles. The number of amides is 1. The number of benzene rings is 1. The van der Waals surface area contributed by atoms with Gasteiger partial charge >= 0.3 is 5.97 Å². The second-order valence-corrected chi connectivity index (χ2v) is 7.15. The lowest BCUT2D eigenvalue weighted by Gasteiger charge is -2.20. The number of hydrogen-bond donors (Lipinski definition) is 0. The summed E-state index contributed by atoms with van der Waals surface area (Å²) in [6.07, 6.45) is 3.82. The van der Waals surface area contributed by atoms with Crippen LogP contribution >= 0.6 is 0 Å². The Morgan fingerprint density at radius 1 is 1.27 bits per heavy atom. The molecule has 2 saturated heterocycles. The predicted molar refractivity (Wildman–Crippen MR) is 99.3 cm³/mol. The zero-order chi connectivity index (χ0) is 18.5. The molecule has 6 nitrogen and oxygen atoms in total. The number of likely N-dealkylation sites (tertiary alicyclic amines) is 1. The van der Waals surface area contributed by atoms with Crippen LogP contribution in [-0.4, -0.2) is 56.2 Å². The minimum atomic E-state index is -0.378. The van der Waals surface area contributed by atoms with Crippen molar-refractivity contribution in [3.8, 4) is 5.75 Å². The summed E-state index contributed by atoms with van der Waals surface area (Å²) < 4.78 is 10.6. The van der Waals surface area contributed by atoms with Crippen molar-refractivity contribution in [3.05, 3.63) is 24.3 Å². The monoisotopic (exact) mass is 360 g/mol. The van der Waals surface area contributed by atoms with Crippen LogP contribution in [0.5, 0.6) is 5.75 Å². The molecule has 0 aromatic heterocycles. The van der Waals surface area contributed by atoms with Gasteiger partial charge in [-0.2, -0.15) is 0 Å². The quantitative estimate of drug-likeness (QED) is 0.552. The fraction of sp³-hybridized carbons (Fsp3) is 0.600. The molecule has 1 aromatic rings. The van der Waals surface area contributed by atoms with Gasteiger partial charge in [0.2, 0.25) is 5.91 Å². The molecule has 0 radical (unpaired) electrons. The van der Waals surface area contributed by atoms with Crippen LogP contribution in [0.4, 0.5) is 5.69 Å². The number of methoxy groups -OCH3 is 1. The highest BCUT2D eigenvalue weighted by Gasteiger charge is 2.35. The summed E-state index contributed by atoms with van der Waals surface area (Å²) in [5.74, 6) is 0.0534. The molecule has 0 bridgehead atoms. The lowest BCUT2D eigenvalue weighted by Crippen LogP contribution is -2.28. The molecule has 6 heteroatoms. The highest BCUT2D eigenvalue weighted by molar-refractivity contribution is 5.99. The summed E-state index contributed by atoms with van der Waals surface area (Å²) in [6, 6.07) is 8.20. The molecule has 0 N–H and O–H groups in total. The summed E-state index contributed by atoms with van der Waals surface area (Å²) in [4.78, 5) is 27.9. The number of hydrogen-bond acceptors (Lipinski definition) is 5. The maximum Gasteiger partial charge on any atom is 0.311 e. The number of esters is 1. The van der Waals surface area contributed by atoms with E-state index >= 15 is 0 Å². The SMILES string of the molecule is COC(=O)[C@@H]1CC(=O)N(c2ccc(OCCCN3CCC[C@H]3C)cc2)C1. The van der Waals surface area contributed by atoms with Gasteiger partial charge in [0, 0.05) is 31.2 Å². The van der Waals surface area contributed by atoms with Crippen molar-refractivity contribution < 1.29 is 19.1 Å². The van der Waals surface area contributed by atoms with Crippen LogP contribution in [0.25, 0.3) is 0 Å². The van der Waals surface area contributed by atoms with E-state index in [1.807, 2.05) is 24.3 Å². The number of ether oxygens (including phenoxy) is 2. The van der Waals surface area contributed by atoms with Crippen LogP contribution in [0.2, 0.25) is 0 Å². The largest absolute Gasteiger partial charge is 0.494 e. The van der Waals surface area contributed by atoms with Crippen LogP contribution < -0.4 is 9.64 Å². The number of carbonyl (C=O) groups is 2. The van der Waals surface area contributed by atoms with Gasteiger partial charge in [-0.1, -0.05) is 0 Å². The Bertz CT molecular complexity index is 631. The van der Waals surface area contributed by atoms with Gasteiger partial charge < -0.3 is 19.3 Å². The van der Waals surface area contributed by atoms with E-state index in [9.17, 15) is 9.59 Å². The van der Waals surface area contributed by atoms with Crippen LogP contribution in [0.15, 0.2) is 24.3 Å². The van der Waals surface area contributed by atoms with Crippen LogP contribution in [0, 0.1) is 5.92 Å². The van der Waals surface area contributed by atoms with E-state index < -0.39 is 0 Å². The Labute approximate surface area is 155 Å². The van der Waals surface area contributed by atoms with Crippen molar-refractivity contribution in [2.75, 3.05) is 38.3 Å². The molecule has 0 saturated carbocycles. The second kappa shape index (κ2) is 8.54. The summed E-state index contributed by atoms with van der Waals surface area (Å²) >= 11 is 0. The summed E-state index contributed by atoms with van der Waals surface area (Å²) in [6.45, 7) is 5.63. The molecule has 1 amide bonds. The van der Waals surface area contributed by atoms with Crippen molar-refractivity contribution in [2.45, 2.75) is 38.6 Å². The lowest BCUT2D eigenvalue weighted by molar-refractivity contribution is -0.145. The Hall–Kier alpha value is -2.08. The van der Waals surface area contributed by atoms with E-state index in [0.717, 1.165) is 24.4 Å². The smallest absolute Gasteiger partial charge is 0.311 e. The first kappa shape index (κ1) is 18.7. The Morgan fingerprint density at radius 3 is 2.69 bits per heavy atom. The third-order valence-corrected chi connectivity index (χ3v) is 5.36. The molecule has 26 heavy (non-hydrogen) atoms. The Morgan fingerprint density at radius 2 is 2.04 bits per heavy atom. The van der Waals surface area contributed by atoms with Gasteiger partial charge in [0.1, 0.15) is 5.75 Å². The zero-order valence-corrected chi connectivity index (χ0v) is 15.6. The van der Waals surface area contributed by atoms with E-state index in [2.05, 4.69) is 11.8 Å². The molecular formula is C20H28N2O4. The highest BCUT2D eigenvalue weighted by Crippen LogP contribution is 2.27. The fourth-order valence-electron chi connectivity index (χ4n) is 3.79. The van der Waals surface area contributed by atoms with Crippen molar-refractivity contribution in [2.24, 2.45) is 5.92 Å². The van der Waals surface area contributed by atoms with E-state index in [1.165, 1.54) is 26.5 Å². The molecule has 2 aliphatic rings. The average Bonchev–Trinajstić information content (AvgIpc) is 3.24. The minimum absolute atomic E-state index is 0.0474. The van der Waals surface area contributed by atoms with Gasteiger partial charge in [0.05, 0.1) is 19.6 Å². The van der Waals surface area contributed by atoms with E-state index in [-0.39, 0.29) is 24.2 Å². The highest BCUT2D eigenvalue weighted by atomic mass is 16.5. The third-order valence-electron chi connectivity index (χ3n) is 5.36. The van der Waals surface area contributed by atoms with Crippen molar-refractivity contribution in [1.29, 1.82) is 0 Å². The van der Waals surface area contributed by atoms with Gasteiger partial charge in [0.25, 0.3) is 0 Å². The normalized spacial score (nSPS) is 23.5. The average molecular weight is 360 g/mol. The second-order valence-electron chi connectivity index (χ2n) is 7.15. The third kappa shape index (κ3) is 4.36. The molecule has 0 aliphatic carbocycles. The van der Waals surface area contributed by atoms with E-state index in [0.29, 0.717) is 19.2 Å². The molecule has 0 unspecified atom stereocenters. The Balaban J connectivity index is 1.46. The maximum atomic E-state index is 12.1. The van der Waals surface area contributed by atoms with Crippen molar-refractivity contribution in [1.82, 2.24) is 4.90 Å².